The normalized spacial score (nSPS) is 11.2. The topological polar surface area (TPSA) is 51.9 Å². The van der Waals surface area contributed by atoms with Gasteiger partial charge in [0.1, 0.15) is 0 Å². The standard InChI is InChI=1S/C21H22N4OS/c1-15-14-18(16(2)25(15)21-23-10-13-27-21)20(26)22-9-5-11-24-12-8-17-6-3-4-7-19(17)24/h3-4,6-8,10,12-14H,5,9,11H2,1-2H3,(H,22,26). The zero-order valence-corrected chi connectivity index (χ0v) is 16.3. The SMILES string of the molecule is Cc1cc(C(=O)NCCCn2ccc3ccccc32)c(C)n1-c1nccs1. The lowest BCUT2D eigenvalue weighted by atomic mass is 10.2. The van der Waals surface area contributed by atoms with Crippen molar-refractivity contribution in [3.05, 3.63) is 71.1 Å². The first-order valence-corrected chi connectivity index (χ1v) is 9.94. The van der Waals surface area contributed by atoms with Crippen LogP contribution in [0.4, 0.5) is 0 Å². The predicted molar refractivity (Wildman–Crippen MR) is 110 cm³/mol. The molecule has 0 bridgehead atoms. The van der Waals surface area contributed by atoms with Crippen LogP contribution in [0, 0.1) is 13.8 Å². The van der Waals surface area contributed by atoms with Crippen LogP contribution in [-0.4, -0.2) is 26.6 Å². The van der Waals surface area contributed by atoms with Crippen LogP contribution in [0.2, 0.25) is 0 Å². The maximum absolute atomic E-state index is 12.6. The first kappa shape index (κ1) is 17.5. The molecule has 5 nitrogen and oxygen atoms in total. The molecule has 0 aliphatic heterocycles. The molecular formula is C21H22N4OS. The van der Waals surface area contributed by atoms with Crippen LogP contribution < -0.4 is 5.32 Å². The molecule has 1 aromatic carbocycles. The number of thiazole rings is 1. The Labute approximate surface area is 162 Å². The van der Waals surface area contributed by atoms with Crippen molar-refractivity contribution in [3.8, 4) is 5.13 Å². The highest BCUT2D eigenvalue weighted by atomic mass is 32.1. The summed E-state index contributed by atoms with van der Waals surface area (Å²) >= 11 is 1.57. The second kappa shape index (κ2) is 7.40. The Morgan fingerprint density at radius 3 is 2.89 bits per heavy atom. The number of fused-ring (bicyclic) bond motifs is 1. The summed E-state index contributed by atoms with van der Waals surface area (Å²) < 4.78 is 4.27. The van der Waals surface area contributed by atoms with Gasteiger partial charge in [-0.3, -0.25) is 9.36 Å². The average Bonchev–Trinajstić information content (AvgIpc) is 3.38. The van der Waals surface area contributed by atoms with E-state index in [4.69, 9.17) is 0 Å². The highest BCUT2D eigenvalue weighted by Crippen LogP contribution is 2.22. The van der Waals surface area contributed by atoms with E-state index < -0.39 is 0 Å². The third kappa shape index (κ3) is 3.40. The van der Waals surface area contributed by atoms with Crippen LogP contribution in [-0.2, 0) is 6.54 Å². The van der Waals surface area contributed by atoms with Crippen LogP contribution in [0.25, 0.3) is 16.0 Å². The summed E-state index contributed by atoms with van der Waals surface area (Å²) in [5, 5.41) is 7.14. The summed E-state index contributed by atoms with van der Waals surface area (Å²) in [4.78, 5) is 17.0. The number of aryl methyl sites for hydroxylation is 2. The van der Waals surface area contributed by atoms with Crippen molar-refractivity contribution in [1.82, 2.24) is 19.4 Å². The number of benzene rings is 1. The van der Waals surface area contributed by atoms with E-state index in [2.05, 4.69) is 51.4 Å². The largest absolute Gasteiger partial charge is 0.352 e. The fraction of sp³-hybridized carbons (Fsp3) is 0.238. The van der Waals surface area contributed by atoms with E-state index in [0.717, 1.165) is 29.5 Å². The van der Waals surface area contributed by atoms with Gasteiger partial charge in [-0.15, -0.1) is 11.3 Å². The van der Waals surface area contributed by atoms with Crippen molar-refractivity contribution in [2.45, 2.75) is 26.8 Å². The average molecular weight is 379 g/mol. The summed E-state index contributed by atoms with van der Waals surface area (Å²) in [6.45, 7) is 5.50. The fourth-order valence-corrected chi connectivity index (χ4v) is 4.25. The maximum atomic E-state index is 12.6. The molecule has 6 heteroatoms. The molecule has 27 heavy (non-hydrogen) atoms. The Morgan fingerprint density at radius 2 is 2.07 bits per heavy atom. The molecule has 3 heterocycles. The third-order valence-electron chi connectivity index (χ3n) is 4.83. The van der Waals surface area contributed by atoms with E-state index in [1.165, 1.54) is 10.9 Å². The highest BCUT2D eigenvalue weighted by molar-refractivity contribution is 7.12. The second-order valence-electron chi connectivity index (χ2n) is 6.61. The molecule has 0 saturated carbocycles. The van der Waals surface area contributed by atoms with Gasteiger partial charge in [-0.25, -0.2) is 4.98 Å². The number of amides is 1. The molecule has 0 fully saturated rings. The Morgan fingerprint density at radius 1 is 1.22 bits per heavy atom. The van der Waals surface area contributed by atoms with E-state index >= 15 is 0 Å². The number of carbonyl (C=O) groups excluding carboxylic acids is 1. The lowest BCUT2D eigenvalue weighted by Crippen LogP contribution is -2.25. The van der Waals surface area contributed by atoms with Crippen molar-refractivity contribution < 1.29 is 4.79 Å². The summed E-state index contributed by atoms with van der Waals surface area (Å²) in [5.41, 5.74) is 3.90. The summed E-state index contributed by atoms with van der Waals surface area (Å²) in [7, 11) is 0. The van der Waals surface area contributed by atoms with Gasteiger partial charge < -0.3 is 9.88 Å². The number of carbonyl (C=O) groups is 1. The minimum absolute atomic E-state index is 0.0247. The Bertz CT molecular complexity index is 1080. The van der Waals surface area contributed by atoms with Gasteiger partial charge in [0.05, 0.1) is 5.56 Å². The molecule has 1 amide bonds. The van der Waals surface area contributed by atoms with Gasteiger partial charge in [0.15, 0.2) is 5.13 Å². The molecule has 0 spiro atoms. The van der Waals surface area contributed by atoms with Gasteiger partial charge in [-0.2, -0.15) is 0 Å². The minimum Gasteiger partial charge on any atom is -0.352 e. The zero-order valence-electron chi connectivity index (χ0n) is 15.5. The highest BCUT2D eigenvalue weighted by Gasteiger charge is 2.17. The zero-order chi connectivity index (χ0) is 18.8. The number of aromatic nitrogens is 3. The molecule has 0 atom stereocenters. The van der Waals surface area contributed by atoms with Gasteiger partial charge in [0.2, 0.25) is 0 Å². The quantitative estimate of drug-likeness (QED) is 0.508. The molecule has 4 rings (SSSR count). The van der Waals surface area contributed by atoms with Gasteiger partial charge in [0.25, 0.3) is 5.91 Å². The molecule has 0 unspecified atom stereocenters. The maximum Gasteiger partial charge on any atom is 0.253 e. The number of hydrogen-bond acceptors (Lipinski definition) is 3. The van der Waals surface area contributed by atoms with Crippen LogP contribution in [0.5, 0.6) is 0 Å². The van der Waals surface area contributed by atoms with Gasteiger partial charge >= 0.3 is 0 Å². The van der Waals surface area contributed by atoms with Crippen LogP contribution >= 0.6 is 11.3 Å². The van der Waals surface area contributed by atoms with Crippen molar-refractivity contribution in [1.29, 1.82) is 0 Å². The lowest BCUT2D eigenvalue weighted by Gasteiger charge is -2.08. The molecule has 3 aromatic heterocycles. The first-order chi connectivity index (χ1) is 13.1. The Hall–Kier alpha value is -2.86. The molecule has 4 aromatic rings. The summed E-state index contributed by atoms with van der Waals surface area (Å²) in [5.74, 6) is -0.0247. The fourth-order valence-electron chi connectivity index (χ4n) is 3.50. The molecule has 0 radical (unpaired) electrons. The smallest absolute Gasteiger partial charge is 0.253 e. The number of hydrogen-bond donors (Lipinski definition) is 1. The van der Waals surface area contributed by atoms with E-state index in [0.29, 0.717) is 12.1 Å². The van der Waals surface area contributed by atoms with Crippen molar-refractivity contribution in [2.75, 3.05) is 6.54 Å². The molecule has 1 N–H and O–H groups in total. The van der Waals surface area contributed by atoms with Gasteiger partial charge in [-0.05, 0) is 43.9 Å². The van der Waals surface area contributed by atoms with Crippen molar-refractivity contribution in [3.63, 3.8) is 0 Å². The van der Waals surface area contributed by atoms with Crippen LogP contribution in [0.1, 0.15) is 28.2 Å². The number of nitrogens with zero attached hydrogens (tertiary/aromatic N) is 3. The predicted octanol–water partition coefficient (Wildman–Crippen LogP) is 4.33. The van der Waals surface area contributed by atoms with Gasteiger partial charge in [0, 0.05) is 47.8 Å². The molecule has 138 valence electrons. The van der Waals surface area contributed by atoms with Crippen LogP contribution in [0.3, 0.4) is 0 Å². The third-order valence-corrected chi connectivity index (χ3v) is 5.58. The number of rotatable bonds is 6. The van der Waals surface area contributed by atoms with Crippen molar-refractivity contribution >= 4 is 28.1 Å². The number of para-hydroxylation sites is 1. The van der Waals surface area contributed by atoms with Gasteiger partial charge in [-0.1, -0.05) is 18.2 Å². The Kier molecular flexibility index (Phi) is 4.81. The number of nitrogens with one attached hydrogen (secondary N) is 1. The molecule has 0 aliphatic rings. The van der Waals surface area contributed by atoms with E-state index in [9.17, 15) is 4.79 Å². The molecule has 0 saturated heterocycles. The van der Waals surface area contributed by atoms with Crippen LogP contribution in [0.15, 0.2) is 54.2 Å². The Balaban J connectivity index is 1.38. The monoisotopic (exact) mass is 378 g/mol. The van der Waals surface area contributed by atoms with E-state index in [1.807, 2.05) is 29.9 Å². The van der Waals surface area contributed by atoms with Crippen molar-refractivity contribution in [2.24, 2.45) is 0 Å². The second-order valence-corrected chi connectivity index (χ2v) is 7.49. The minimum atomic E-state index is -0.0247. The first-order valence-electron chi connectivity index (χ1n) is 9.06. The summed E-state index contributed by atoms with van der Waals surface area (Å²) in [6, 6.07) is 12.4. The van der Waals surface area contributed by atoms with E-state index in [-0.39, 0.29) is 5.91 Å². The molecule has 0 aliphatic carbocycles. The molecular weight excluding hydrogens is 356 g/mol. The van der Waals surface area contributed by atoms with E-state index in [1.54, 1.807) is 17.5 Å². The lowest BCUT2D eigenvalue weighted by molar-refractivity contribution is 0.0952. The summed E-state index contributed by atoms with van der Waals surface area (Å²) in [6.07, 6.45) is 4.77.